The third-order valence-corrected chi connectivity index (χ3v) is 5.02. The summed E-state index contributed by atoms with van der Waals surface area (Å²) in [6.07, 6.45) is 4.95. The van der Waals surface area contributed by atoms with Gasteiger partial charge in [0.2, 0.25) is 0 Å². The predicted molar refractivity (Wildman–Crippen MR) is 101 cm³/mol. The molecule has 2 aromatic rings. The van der Waals surface area contributed by atoms with Crippen LogP contribution in [0.15, 0.2) is 36.5 Å². The molecule has 2 N–H and O–H groups in total. The average Bonchev–Trinajstić information content (AvgIpc) is 3.35. The largest absolute Gasteiger partial charge is 0.376 e. The van der Waals surface area contributed by atoms with Gasteiger partial charge in [-0.3, -0.25) is 4.68 Å². The summed E-state index contributed by atoms with van der Waals surface area (Å²) in [6.45, 7) is 3.13. The molecule has 2 atom stereocenters. The first-order valence-corrected chi connectivity index (χ1v) is 9.63. The SMILES string of the molecule is O=C(NC[C@@H]1CCCO1)NC[C@@H]1OCCc2cn(Cc3ccccc3)nc21. The highest BCUT2D eigenvalue weighted by molar-refractivity contribution is 5.73. The summed E-state index contributed by atoms with van der Waals surface area (Å²) in [4.78, 5) is 12.0. The van der Waals surface area contributed by atoms with Gasteiger partial charge in [0, 0.05) is 19.3 Å². The van der Waals surface area contributed by atoms with E-state index in [1.54, 1.807) is 0 Å². The molecule has 0 aliphatic carbocycles. The minimum Gasteiger partial charge on any atom is -0.376 e. The average molecular weight is 370 g/mol. The number of fused-ring (bicyclic) bond motifs is 1. The Morgan fingerprint density at radius 2 is 2.00 bits per heavy atom. The van der Waals surface area contributed by atoms with E-state index in [4.69, 9.17) is 14.6 Å². The quantitative estimate of drug-likeness (QED) is 0.816. The molecular formula is C20H26N4O3. The number of urea groups is 1. The lowest BCUT2D eigenvalue weighted by Crippen LogP contribution is -2.42. The molecule has 2 amide bonds. The number of nitrogens with one attached hydrogen (secondary N) is 2. The Balaban J connectivity index is 1.31. The maximum Gasteiger partial charge on any atom is 0.314 e. The first-order chi connectivity index (χ1) is 13.3. The number of carbonyl (C=O) groups excluding carboxylic acids is 1. The minimum absolute atomic E-state index is 0.141. The van der Waals surface area contributed by atoms with Gasteiger partial charge in [0.05, 0.1) is 31.5 Å². The molecule has 0 radical (unpaired) electrons. The summed E-state index contributed by atoms with van der Waals surface area (Å²) in [5.74, 6) is 0. The van der Waals surface area contributed by atoms with Gasteiger partial charge in [0.1, 0.15) is 6.10 Å². The van der Waals surface area contributed by atoms with Crippen LogP contribution < -0.4 is 10.6 Å². The molecule has 7 heteroatoms. The number of nitrogens with zero attached hydrogens (tertiary/aromatic N) is 2. The summed E-state index contributed by atoms with van der Waals surface area (Å²) < 4.78 is 13.3. The lowest BCUT2D eigenvalue weighted by Gasteiger charge is -2.22. The van der Waals surface area contributed by atoms with Crippen LogP contribution >= 0.6 is 0 Å². The van der Waals surface area contributed by atoms with Gasteiger partial charge in [-0.2, -0.15) is 5.10 Å². The number of rotatable bonds is 6. The van der Waals surface area contributed by atoms with Crippen molar-refractivity contribution in [2.75, 3.05) is 26.3 Å². The van der Waals surface area contributed by atoms with Gasteiger partial charge in [0.25, 0.3) is 0 Å². The van der Waals surface area contributed by atoms with Crippen molar-refractivity contribution >= 4 is 6.03 Å². The summed E-state index contributed by atoms with van der Waals surface area (Å²) in [6, 6.07) is 10.1. The van der Waals surface area contributed by atoms with Gasteiger partial charge in [-0.05, 0) is 30.4 Å². The zero-order valence-electron chi connectivity index (χ0n) is 15.4. The Labute approximate surface area is 159 Å². The van der Waals surface area contributed by atoms with Crippen LogP contribution in [0.4, 0.5) is 4.79 Å². The van der Waals surface area contributed by atoms with Crippen molar-refractivity contribution in [2.45, 2.75) is 38.0 Å². The van der Waals surface area contributed by atoms with Crippen LogP contribution in [0.2, 0.25) is 0 Å². The minimum atomic E-state index is -0.209. The van der Waals surface area contributed by atoms with E-state index < -0.39 is 0 Å². The van der Waals surface area contributed by atoms with Crippen LogP contribution in [0.25, 0.3) is 0 Å². The Kier molecular flexibility index (Phi) is 5.69. The molecule has 7 nitrogen and oxygen atoms in total. The lowest BCUT2D eigenvalue weighted by molar-refractivity contribution is 0.0410. The molecule has 2 aliphatic heterocycles. The Morgan fingerprint density at radius 3 is 2.81 bits per heavy atom. The van der Waals surface area contributed by atoms with Crippen molar-refractivity contribution in [3.63, 3.8) is 0 Å². The molecule has 1 saturated heterocycles. The molecule has 27 heavy (non-hydrogen) atoms. The highest BCUT2D eigenvalue weighted by Crippen LogP contribution is 2.25. The molecule has 3 heterocycles. The molecule has 0 bridgehead atoms. The normalized spacial score (nSPS) is 21.6. The lowest BCUT2D eigenvalue weighted by atomic mass is 10.1. The van der Waals surface area contributed by atoms with E-state index in [1.807, 2.05) is 22.9 Å². The standard InChI is InChI=1S/C20H26N4O3/c25-20(21-11-17-7-4-9-26-17)22-12-18-19-16(8-10-27-18)14-24(23-19)13-15-5-2-1-3-6-15/h1-3,5-6,14,17-18H,4,7-13H2,(H2,21,22,25)/t17-,18-/m0/s1. The van der Waals surface area contributed by atoms with Crippen molar-refractivity contribution < 1.29 is 14.3 Å². The molecule has 1 aromatic heterocycles. The van der Waals surface area contributed by atoms with E-state index in [1.165, 1.54) is 11.1 Å². The van der Waals surface area contributed by atoms with Gasteiger partial charge in [-0.1, -0.05) is 30.3 Å². The van der Waals surface area contributed by atoms with Crippen LogP contribution in [-0.2, 0) is 22.4 Å². The van der Waals surface area contributed by atoms with E-state index in [0.29, 0.717) is 19.7 Å². The maximum absolute atomic E-state index is 12.0. The van der Waals surface area contributed by atoms with Crippen molar-refractivity contribution in [1.29, 1.82) is 0 Å². The fraction of sp³-hybridized carbons (Fsp3) is 0.500. The molecule has 144 valence electrons. The van der Waals surface area contributed by atoms with E-state index in [0.717, 1.165) is 38.1 Å². The van der Waals surface area contributed by atoms with Crippen LogP contribution in [0.1, 0.15) is 35.8 Å². The zero-order valence-corrected chi connectivity index (χ0v) is 15.4. The number of carbonyl (C=O) groups is 1. The van der Waals surface area contributed by atoms with Gasteiger partial charge in [0.15, 0.2) is 0 Å². The maximum atomic E-state index is 12.0. The number of aromatic nitrogens is 2. The number of hydrogen-bond donors (Lipinski definition) is 2. The Bertz CT molecular complexity index is 756. The molecule has 0 unspecified atom stereocenters. The van der Waals surface area contributed by atoms with Crippen molar-refractivity contribution in [2.24, 2.45) is 0 Å². The first-order valence-electron chi connectivity index (χ1n) is 9.63. The second-order valence-electron chi connectivity index (χ2n) is 7.06. The molecular weight excluding hydrogens is 344 g/mol. The van der Waals surface area contributed by atoms with Crippen LogP contribution in [0, 0.1) is 0 Å². The Hall–Kier alpha value is -2.38. The molecule has 0 spiro atoms. The van der Waals surface area contributed by atoms with Gasteiger partial charge in [-0.25, -0.2) is 4.79 Å². The van der Waals surface area contributed by atoms with E-state index in [9.17, 15) is 4.79 Å². The second-order valence-corrected chi connectivity index (χ2v) is 7.06. The topological polar surface area (TPSA) is 77.4 Å². The molecule has 4 rings (SSSR count). The van der Waals surface area contributed by atoms with E-state index >= 15 is 0 Å². The monoisotopic (exact) mass is 370 g/mol. The predicted octanol–water partition coefficient (Wildman–Crippen LogP) is 2.02. The second kappa shape index (κ2) is 8.54. The molecule has 1 aromatic carbocycles. The summed E-state index contributed by atoms with van der Waals surface area (Å²) >= 11 is 0. The Morgan fingerprint density at radius 1 is 1.15 bits per heavy atom. The zero-order chi connectivity index (χ0) is 18.5. The van der Waals surface area contributed by atoms with E-state index in [-0.39, 0.29) is 18.2 Å². The van der Waals surface area contributed by atoms with Crippen molar-refractivity contribution in [3.8, 4) is 0 Å². The fourth-order valence-electron chi connectivity index (χ4n) is 3.60. The van der Waals surface area contributed by atoms with Crippen molar-refractivity contribution in [3.05, 3.63) is 53.3 Å². The summed E-state index contributed by atoms with van der Waals surface area (Å²) in [7, 11) is 0. The van der Waals surface area contributed by atoms with Crippen LogP contribution in [-0.4, -0.2) is 48.2 Å². The van der Waals surface area contributed by atoms with Gasteiger partial charge >= 0.3 is 6.03 Å². The van der Waals surface area contributed by atoms with Gasteiger partial charge < -0.3 is 20.1 Å². The van der Waals surface area contributed by atoms with Gasteiger partial charge in [-0.15, -0.1) is 0 Å². The smallest absolute Gasteiger partial charge is 0.314 e. The highest BCUT2D eigenvalue weighted by atomic mass is 16.5. The number of amides is 2. The number of ether oxygens (including phenoxy) is 2. The number of hydrogen-bond acceptors (Lipinski definition) is 4. The first kappa shape index (κ1) is 18.0. The fourth-order valence-corrected chi connectivity index (χ4v) is 3.60. The van der Waals surface area contributed by atoms with Crippen LogP contribution in [0.3, 0.4) is 0 Å². The molecule has 1 fully saturated rings. The third kappa shape index (κ3) is 4.67. The summed E-state index contributed by atoms with van der Waals surface area (Å²) in [5, 5.41) is 10.5. The van der Waals surface area contributed by atoms with Crippen molar-refractivity contribution in [1.82, 2.24) is 20.4 Å². The molecule has 2 aliphatic rings. The number of benzene rings is 1. The third-order valence-electron chi connectivity index (χ3n) is 5.02. The van der Waals surface area contributed by atoms with E-state index in [2.05, 4.69) is 29.0 Å². The summed E-state index contributed by atoms with van der Waals surface area (Å²) in [5.41, 5.74) is 3.34. The highest BCUT2D eigenvalue weighted by Gasteiger charge is 2.25. The molecule has 0 saturated carbocycles. The van der Waals surface area contributed by atoms with Crippen LogP contribution in [0.5, 0.6) is 0 Å².